The van der Waals surface area contributed by atoms with Crippen LogP contribution in [0.15, 0.2) is 18.5 Å². The number of hydrogen-bond donors (Lipinski definition) is 2. The molecule has 1 aliphatic carbocycles. The first-order valence-corrected chi connectivity index (χ1v) is 11.8. The van der Waals surface area contributed by atoms with Crippen LogP contribution in [-0.4, -0.2) is 68.9 Å². The Balaban J connectivity index is 1.21. The van der Waals surface area contributed by atoms with Crippen LogP contribution < -0.4 is 5.32 Å². The number of rotatable bonds is 3. The maximum atomic E-state index is 13.3. The van der Waals surface area contributed by atoms with E-state index in [0.717, 1.165) is 68.5 Å². The minimum atomic E-state index is -0.0956. The third-order valence-electron chi connectivity index (χ3n) is 7.16. The molecule has 3 aliphatic rings. The summed E-state index contributed by atoms with van der Waals surface area (Å²) in [7, 11) is 0. The maximum absolute atomic E-state index is 13.3. The molecule has 166 valence electrons. The van der Waals surface area contributed by atoms with E-state index < -0.39 is 0 Å². The molecular weight excluding hydrogens is 392 g/mol. The van der Waals surface area contributed by atoms with Crippen LogP contribution >= 0.6 is 0 Å². The van der Waals surface area contributed by atoms with Gasteiger partial charge in [-0.25, -0.2) is 9.78 Å². The zero-order chi connectivity index (χ0) is 21.2. The molecule has 8 nitrogen and oxygen atoms in total. The number of aromatic nitrogens is 3. The number of pyridine rings is 1. The fourth-order valence-corrected chi connectivity index (χ4v) is 5.43. The van der Waals surface area contributed by atoms with E-state index in [-0.39, 0.29) is 23.8 Å². The first-order valence-electron chi connectivity index (χ1n) is 11.8. The van der Waals surface area contributed by atoms with Gasteiger partial charge in [-0.2, -0.15) is 0 Å². The van der Waals surface area contributed by atoms with Crippen LogP contribution in [-0.2, 0) is 4.79 Å². The molecule has 2 aliphatic heterocycles. The van der Waals surface area contributed by atoms with Gasteiger partial charge in [0, 0.05) is 44.3 Å². The molecule has 0 aromatic carbocycles. The molecule has 3 fully saturated rings. The molecule has 3 amide bonds. The molecule has 2 aromatic heterocycles. The molecule has 4 heterocycles. The number of nitrogens with zero attached hydrogens (tertiary/aromatic N) is 4. The topological polar surface area (TPSA) is 94.2 Å². The number of carbonyl (C=O) groups is 2. The summed E-state index contributed by atoms with van der Waals surface area (Å²) in [5.74, 6) is 1.26. The SMILES string of the molecule is O=C(NC1CCCC1)N1CCCC(C(=O)N2CCCC(c3nc4ccncc4[nH]3)C2)C1. The molecule has 0 bridgehead atoms. The van der Waals surface area contributed by atoms with Gasteiger partial charge in [0.1, 0.15) is 5.82 Å². The normalized spacial score (nSPS) is 25.2. The van der Waals surface area contributed by atoms with E-state index in [2.05, 4.69) is 15.3 Å². The van der Waals surface area contributed by atoms with Crippen molar-refractivity contribution in [2.75, 3.05) is 26.2 Å². The Kier molecular flexibility index (Phi) is 5.78. The Morgan fingerprint density at radius 2 is 1.81 bits per heavy atom. The highest BCUT2D eigenvalue weighted by molar-refractivity contribution is 5.81. The summed E-state index contributed by atoms with van der Waals surface area (Å²) >= 11 is 0. The lowest BCUT2D eigenvalue weighted by atomic mass is 9.93. The predicted octanol–water partition coefficient (Wildman–Crippen LogP) is 3.03. The van der Waals surface area contributed by atoms with Gasteiger partial charge in [0.05, 0.1) is 23.1 Å². The molecule has 0 spiro atoms. The van der Waals surface area contributed by atoms with Crippen molar-refractivity contribution in [1.82, 2.24) is 30.1 Å². The lowest BCUT2D eigenvalue weighted by molar-refractivity contribution is -0.138. The van der Waals surface area contributed by atoms with Crippen LogP contribution in [0, 0.1) is 5.92 Å². The van der Waals surface area contributed by atoms with Crippen LogP contribution in [0.3, 0.4) is 0 Å². The summed E-state index contributed by atoms with van der Waals surface area (Å²) in [6.07, 6.45) is 11.9. The molecular formula is C23H32N6O2. The number of aromatic amines is 1. The molecule has 2 atom stereocenters. The van der Waals surface area contributed by atoms with Crippen molar-refractivity contribution in [3.8, 4) is 0 Å². The number of urea groups is 1. The van der Waals surface area contributed by atoms with E-state index in [1.807, 2.05) is 15.9 Å². The van der Waals surface area contributed by atoms with E-state index in [1.54, 1.807) is 12.4 Å². The Morgan fingerprint density at radius 3 is 2.65 bits per heavy atom. The van der Waals surface area contributed by atoms with Crippen molar-refractivity contribution >= 4 is 23.0 Å². The number of piperidine rings is 2. The van der Waals surface area contributed by atoms with Gasteiger partial charge in [0.15, 0.2) is 0 Å². The van der Waals surface area contributed by atoms with Gasteiger partial charge in [0.2, 0.25) is 5.91 Å². The highest BCUT2D eigenvalue weighted by Gasteiger charge is 2.34. The number of hydrogen-bond acceptors (Lipinski definition) is 4. The fourth-order valence-electron chi connectivity index (χ4n) is 5.43. The van der Waals surface area contributed by atoms with Gasteiger partial charge in [-0.3, -0.25) is 9.78 Å². The average molecular weight is 425 g/mol. The minimum absolute atomic E-state index is 0.0109. The summed E-state index contributed by atoms with van der Waals surface area (Å²) in [5.41, 5.74) is 1.86. The predicted molar refractivity (Wildman–Crippen MR) is 118 cm³/mol. The number of amides is 3. The zero-order valence-corrected chi connectivity index (χ0v) is 18.1. The number of carbonyl (C=O) groups excluding carboxylic acids is 2. The fraction of sp³-hybridized carbons (Fsp3) is 0.652. The van der Waals surface area contributed by atoms with E-state index in [9.17, 15) is 9.59 Å². The Bertz CT molecular complexity index is 904. The number of H-pyrrole nitrogens is 1. The molecule has 2 N–H and O–H groups in total. The molecule has 8 heteroatoms. The lowest BCUT2D eigenvalue weighted by Gasteiger charge is -2.38. The van der Waals surface area contributed by atoms with Gasteiger partial charge >= 0.3 is 6.03 Å². The van der Waals surface area contributed by atoms with Crippen molar-refractivity contribution in [2.45, 2.75) is 63.3 Å². The van der Waals surface area contributed by atoms with Crippen LogP contribution in [0.25, 0.3) is 11.0 Å². The van der Waals surface area contributed by atoms with Gasteiger partial charge in [-0.05, 0) is 44.6 Å². The van der Waals surface area contributed by atoms with E-state index in [0.29, 0.717) is 19.1 Å². The largest absolute Gasteiger partial charge is 0.342 e. The van der Waals surface area contributed by atoms with Crippen molar-refractivity contribution in [3.05, 3.63) is 24.3 Å². The number of likely N-dealkylation sites (tertiary alicyclic amines) is 2. The summed E-state index contributed by atoms with van der Waals surface area (Å²) in [4.78, 5) is 42.2. The van der Waals surface area contributed by atoms with Gasteiger partial charge in [-0.15, -0.1) is 0 Å². The molecule has 5 rings (SSSR count). The quantitative estimate of drug-likeness (QED) is 0.792. The standard InChI is InChI=1S/C23H32N6O2/c30-22(17-6-4-12-29(15-17)23(31)25-18-7-1-2-8-18)28-11-3-5-16(14-28)21-26-19-9-10-24-13-20(19)27-21/h9-10,13,16-18H,1-8,11-12,14-15H2,(H,25,31)(H,26,27). The highest BCUT2D eigenvalue weighted by atomic mass is 16.2. The summed E-state index contributed by atoms with van der Waals surface area (Å²) < 4.78 is 0. The number of nitrogens with one attached hydrogen (secondary N) is 2. The Morgan fingerprint density at radius 1 is 1.00 bits per heavy atom. The summed E-state index contributed by atoms with van der Waals surface area (Å²) in [5, 5.41) is 3.17. The Labute approximate surface area is 182 Å². The second-order valence-electron chi connectivity index (χ2n) is 9.35. The first-order chi connectivity index (χ1) is 15.2. The van der Waals surface area contributed by atoms with Gasteiger partial charge in [0.25, 0.3) is 0 Å². The van der Waals surface area contributed by atoms with Crippen molar-refractivity contribution in [3.63, 3.8) is 0 Å². The maximum Gasteiger partial charge on any atom is 0.317 e. The molecule has 2 saturated heterocycles. The highest BCUT2D eigenvalue weighted by Crippen LogP contribution is 2.29. The molecule has 31 heavy (non-hydrogen) atoms. The second kappa shape index (κ2) is 8.85. The van der Waals surface area contributed by atoms with E-state index in [4.69, 9.17) is 4.98 Å². The molecule has 2 aromatic rings. The molecule has 2 unspecified atom stereocenters. The summed E-state index contributed by atoms with van der Waals surface area (Å²) in [6.45, 7) is 2.77. The van der Waals surface area contributed by atoms with Crippen molar-refractivity contribution in [2.24, 2.45) is 5.92 Å². The van der Waals surface area contributed by atoms with Crippen molar-refractivity contribution < 1.29 is 9.59 Å². The zero-order valence-electron chi connectivity index (χ0n) is 18.1. The van der Waals surface area contributed by atoms with Crippen molar-refractivity contribution in [1.29, 1.82) is 0 Å². The third-order valence-corrected chi connectivity index (χ3v) is 7.16. The lowest BCUT2D eigenvalue weighted by Crippen LogP contribution is -2.52. The van der Waals surface area contributed by atoms with Crippen LogP contribution in [0.1, 0.15) is 63.1 Å². The second-order valence-corrected chi connectivity index (χ2v) is 9.35. The smallest absolute Gasteiger partial charge is 0.317 e. The van der Waals surface area contributed by atoms with E-state index >= 15 is 0 Å². The number of imidazole rings is 1. The van der Waals surface area contributed by atoms with Crippen LogP contribution in [0.4, 0.5) is 4.79 Å². The summed E-state index contributed by atoms with van der Waals surface area (Å²) in [6, 6.07) is 2.23. The monoisotopic (exact) mass is 424 g/mol. The molecule has 1 saturated carbocycles. The van der Waals surface area contributed by atoms with Crippen LogP contribution in [0.5, 0.6) is 0 Å². The third kappa shape index (κ3) is 4.38. The Hall–Kier alpha value is -2.64. The minimum Gasteiger partial charge on any atom is -0.342 e. The van der Waals surface area contributed by atoms with Gasteiger partial charge in [-0.1, -0.05) is 12.8 Å². The van der Waals surface area contributed by atoms with Gasteiger partial charge < -0.3 is 20.1 Å². The van der Waals surface area contributed by atoms with Crippen LogP contribution in [0.2, 0.25) is 0 Å². The first kappa shape index (κ1) is 20.3. The van der Waals surface area contributed by atoms with E-state index in [1.165, 1.54) is 12.8 Å². The molecule has 0 radical (unpaired) electrons. The number of fused-ring (bicyclic) bond motifs is 1. The average Bonchev–Trinajstić information content (AvgIpc) is 3.48.